The smallest absolute Gasteiger partial charge is 0.328 e. The highest BCUT2D eigenvalue weighted by atomic mass is 16.4. The summed E-state index contributed by atoms with van der Waals surface area (Å²) in [6.45, 7) is 3.14. The molecule has 0 bridgehead atoms. The molecule has 4 nitrogen and oxygen atoms in total. The molecule has 1 saturated carbocycles. The topological polar surface area (TPSA) is 64.3 Å². The first-order valence-corrected chi connectivity index (χ1v) is 7.37. The zero-order valence-electron chi connectivity index (χ0n) is 12.2. The quantitative estimate of drug-likeness (QED) is 0.779. The first-order chi connectivity index (χ1) is 10.2. The average molecular weight is 284 g/mol. The van der Waals surface area contributed by atoms with Crippen molar-refractivity contribution in [1.82, 2.24) is 0 Å². The molecule has 2 rings (SSSR count). The minimum atomic E-state index is -0.986. The third-order valence-electron chi connectivity index (χ3n) is 3.61. The Kier molecular flexibility index (Phi) is 4.99. The van der Waals surface area contributed by atoms with Crippen molar-refractivity contribution >= 4 is 17.7 Å². The molecule has 0 unspecified atom stereocenters. The van der Waals surface area contributed by atoms with Crippen LogP contribution in [0.3, 0.4) is 0 Å². The van der Waals surface area contributed by atoms with E-state index in [1.807, 2.05) is 12.1 Å². The third-order valence-corrected chi connectivity index (χ3v) is 3.61. The fraction of sp³-hybridized carbons (Fsp3) is 0.412. The molecule has 0 aliphatic heterocycles. The van der Waals surface area contributed by atoms with Gasteiger partial charge >= 0.3 is 5.97 Å². The van der Waals surface area contributed by atoms with E-state index in [2.05, 4.69) is 17.9 Å². The van der Waals surface area contributed by atoms with Crippen LogP contribution >= 0.6 is 0 Å². The maximum atomic E-state index is 10.6. The van der Waals surface area contributed by atoms with E-state index in [1.165, 1.54) is 18.9 Å². The van der Waals surface area contributed by atoms with E-state index in [1.54, 1.807) is 6.07 Å². The Hall–Kier alpha value is -2.28. The number of nitrogens with zero attached hydrogens (tertiary/aromatic N) is 2. The summed E-state index contributed by atoms with van der Waals surface area (Å²) in [6, 6.07) is 8.37. The first-order valence-electron chi connectivity index (χ1n) is 7.37. The number of carboxylic acids is 1. The van der Waals surface area contributed by atoms with Gasteiger partial charge in [-0.25, -0.2) is 4.79 Å². The molecule has 0 aromatic heterocycles. The maximum Gasteiger partial charge on any atom is 0.328 e. The van der Waals surface area contributed by atoms with Crippen LogP contribution in [0, 0.1) is 11.3 Å². The molecule has 1 fully saturated rings. The Morgan fingerprint density at radius 1 is 1.52 bits per heavy atom. The van der Waals surface area contributed by atoms with E-state index in [9.17, 15) is 10.1 Å². The lowest BCUT2D eigenvalue weighted by atomic mass is 10.1. The molecule has 1 aromatic rings. The van der Waals surface area contributed by atoms with Gasteiger partial charge in [0.05, 0.1) is 11.3 Å². The van der Waals surface area contributed by atoms with Crippen LogP contribution in [-0.2, 0) is 4.79 Å². The van der Waals surface area contributed by atoms with Gasteiger partial charge in [-0.3, -0.25) is 0 Å². The lowest BCUT2D eigenvalue weighted by molar-refractivity contribution is -0.131. The lowest BCUT2D eigenvalue weighted by Crippen LogP contribution is -2.27. The summed E-state index contributed by atoms with van der Waals surface area (Å²) in [6.07, 6.45) is 7.23. The van der Waals surface area contributed by atoms with Crippen molar-refractivity contribution in [2.75, 3.05) is 11.4 Å². The van der Waals surface area contributed by atoms with Gasteiger partial charge in [0.1, 0.15) is 6.07 Å². The number of benzene rings is 1. The van der Waals surface area contributed by atoms with Crippen LogP contribution in [0.25, 0.3) is 6.08 Å². The number of carbonyl (C=O) groups is 1. The molecule has 110 valence electrons. The van der Waals surface area contributed by atoms with Crippen LogP contribution < -0.4 is 4.90 Å². The van der Waals surface area contributed by atoms with Gasteiger partial charge in [0.2, 0.25) is 0 Å². The van der Waals surface area contributed by atoms with E-state index in [0.717, 1.165) is 36.7 Å². The van der Waals surface area contributed by atoms with Crippen LogP contribution in [0.15, 0.2) is 24.3 Å². The molecule has 1 N–H and O–H groups in total. The van der Waals surface area contributed by atoms with Crippen molar-refractivity contribution in [1.29, 1.82) is 5.26 Å². The second kappa shape index (κ2) is 6.94. The number of hydrogen-bond donors (Lipinski definition) is 1. The van der Waals surface area contributed by atoms with Crippen LogP contribution in [0.1, 0.15) is 43.7 Å². The minimum Gasteiger partial charge on any atom is -0.478 e. The van der Waals surface area contributed by atoms with Crippen LogP contribution in [0.4, 0.5) is 5.69 Å². The summed E-state index contributed by atoms with van der Waals surface area (Å²) >= 11 is 0. The average Bonchev–Trinajstić information content (AvgIpc) is 3.31. The van der Waals surface area contributed by atoms with Crippen molar-refractivity contribution in [3.8, 4) is 6.07 Å². The predicted molar refractivity (Wildman–Crippen MR) is 83.1 cm³/mol. The first kappa shape index (κ1) is 15.1. The molecule has 21 heavy (non-hydrogen) atoms. The van der Waals surface area contributed by atoms with Gasteiger partial charge in [-0.05, 0) is 43.0 Å². The van der Waals surface area contributed by atoms with E-state index in [0.29, 0.717) is 11.6 Å². The standard InChI is InChI=1S/C17H20N2O2/c1-2-3-10-19(15-6-7-15)16-8-4-13(5-9-17(20)21)11-14(16)12-18/h4-5,8-9,11,15H,2-3,6-7,10H2,1H3,(H,20,21)/b9-5+. The van der Waals surface area contributed by atoms with Crippen molar-refractivity contribution in [3.63, 3.8) is 0 Å². The fourth-order valence-corrected chi connectivity index (χ4v) is 2.38. The summed E-state index contributed by atoms with van der Waals surface area (Å²) in [5.41, 5.74) is 2.33. The highest BCUT2D eigenvalue weighted by Crippen LogP contribution is 2.34. The number of unbranched alkanes of at least 4 members (excludes halogenated alkanes) is 1. The van der Waals surface area contributed by atoms with E-state index >= 15 is 0 Å². The molecule has 0 amide bonds. The predicted octanol–water partition coefficient (Wildman–Crippen LogP) is 3.42. The Morgan fingerprint density at radius 2 is 2.29 bits per heavy atom. The zero-order valence-corrected chi connectivity index (χ0v) is 12.2. The number of aliphatic carboxylic acids is 1. The summed E-state index contributed by atoms with van der Waals surface area (Å²) in [5, 5.41) is 18.0. The maximum absolute atomic E-state index is 10.6. The molecule has 4 heteroatoms. The molecule has 0 spiro atoms. The Labute approximate surface area is 125 Å². The SMILES string of the molecule is CCCCN(c1ccc(/C=C/C(=O)O)cc1C#N)C1CC1. The molecule has 0 heterocycles. The largest absolute Gasteiger partial charge is 0.478 e. The zero-order chi connectivity index (χ0) is 15.2. The fourth-order valence-electron chi connectivity index (χ4n) is 2.38. The van der Waals surface area contributed by atoms with E-state index in [-0.39, 0.29) is 0 Å². The molecule has 0 radical (unpaired) electrons. The second-order valence-electron chi connectivity index (χ2n) is 5.34. The van der Waals surface area contributed by atoms with Gasteiger partial charge in [0.15, 0.2) is 0 Å². The number of rotatable bonds is 7. The van der Waals surface area contributed by atoms with Crippen molar-refractivity contribution in [2.45, 2.75) is 38.6 Å². The summed E-state index contributed by atoms with van der Waals surface area (Å²) < 4.78 is 0. The Bertz CT molecular complexity index is 583. The normalized spacial score (nSPS) is 14.1. The van der Waals surface area contributed by atoms with E-state index < -0.39 is 5.97 Å². The number of hydrogen-bond acceptors (Lipinski definition) is 3. The second-order valence-corrected chi connectivity index (χ2v) is 5.34. The Balaban J connectivity index is 2.26. The molecule has 0 saturated heterocycles. The van der Waals surface area contributed by atoms with Crippen molar-refractivity contribution in [2.24, 2.45) is 0 Å². The number of anilines is 1. The monoisotopic (exact) mass is 284 g/mol. The highest BCUT2D eigenvalue weighted by molar-refractivity contribution is 5.85. The Morgan fingerprint density at radius 3 is 2.86 bits per heavy atom. The molecule has 0 atom stereocenters. The number of carboxylic acid groups (broad SMARTS) is 1. The molecule has 1 aliphatic rings. The molecule has 1 aliphatic carbocycles. The third kappa shape index (κ3) is 4.09. The summed E-state index contributed by atoms with van der Waals surface area (Å²) in [4.78, 5) is 12.9. The van der Waals surface area contributed by atoms with Crippen molar-refractivity contribution in [3.05, 3.63) is 35.4 Å². The molecule has 1 aromatic carbocycles. The highest BCUT2D eigenvalue weighted by Gasteiger charge is 2.30. The van der Waals surface area contributed by atoms with Gasteiger partial charge in [0, 0.05) is 18.7 Å². The number of nitriles is 1. The van der Waals surface area contributed by atoms with Crippen molar-refractivity contribution < 1.29 is 9.90 Å². The van der Waals surface area contributed by atoms with Crippen LogP contribution in [-0.4, -0.2) is 23.7 Å². The van der Waals surface area contributed by atoms with Gasteiger partial charge < -0.3 is 10.0 Å². The lowest BCUT2D eigenvalue weighted by Gasteiger charge is -2.25. The van der Waals surface area contributed by atoms with Gasteiger partial charge in [-0.2, -0.15) is 5.26 Å². The van der Waals surface area contributed by atoms with Gasteiger partial charge in [0.25, 0.3) is 0 Å². The van der Waals surface area contributed by atoms with Gasteiger partial charge in [-0.1, -0.05) is 19.4 Å². The van der Waals surface area contributed by atoms with Crippen LogP contribution in [0.2, 0.25) is 0 Å². The summed E-state index contributed by atoms with van der Waals surface area (Å²) in [7, 11) is 0. The minimum absolute atomic E-state index is 0.559. The summed E-state index contributed by atoms with van der Waals surface area (Å²) in [5.74, 6) is -0.986. The molecular formula is C17H20N2O2. The van der Waals surface area contributed by atoms with Gasteiger partial charge in [-0.15, -0.1) is 0 Å². The van der Waals surface area contributed by atoms with Crippen LogP contribution in [0.5, 0.6) is 0 Å². The van der Waals surface area contributed by atoms with E-state index in [4.69, 9.17) is 5.11 Å². The molecular weight excluding hydrogens is 264 g/mol.